The summed E-state index contributed by atoms with van der Waals surface area (Å²) in [6, 6.07) is 6.72. The topological polar surface area (TPSA) is 106 Å². The number of amides is 2. The third-order valence-electron chi connectivity index (χ3n) is 3.80. The fourth-order valence-corrected chi connectivity index (χ4v) is 2.43. The lowest BCUT2D eigenvalue weighted by atomic mass is 9.99. The Morgan fingerprint density at radius 1 is 1.26 bits per heavy atom. The zero-order valence-electron chi connectivity index (χ0n) is 15.6. The van der Waals surface area contributed by atoms with E-state index < -0.39 is 29.4 Å². The minimum absolute atomic E-state index is 0.163. The first kappa shape index (κ1) is 20.2. The highest BCUT2D eigenvalue weighted by atomic mass is 19.1. The number of pyridine rings is 1. The van der Waals surface area contributed by atoms with Gasteiger partial charge in [0.05, 0.1) is 0 Å². The van der Waals surface area contributed by atoms with E-state index in [1.165, 1.54) is 12.3 Å². The van der Waals surface area contributed by atoms with Gasteiger partial charge in [0, 0.05) is 18.3 Å². The van der Waals surface area contributed by atoms with Crippen molar-refractivity contribution in [1.82, 2.24) is 4.98 Å². The van der Waals surface area contributed by atoms with Crippen molar-refractivity contribution >= 4 is 23.7 Å². The molecule has 0 aliphatic rings. The molecule has 2 rings (SSSR count). The lowest BCUT2D eigenvalue weighted by molar-refractivity contribution is 0.0579. The summed E-state index contributed by atoms with van der Waals surface area (Å²) in [6.45, 7) is 6.55. The first-order chi connectivity index (χ1) is 12.5. The Labute approximate surface area is 156 Å². The van der Waals surface area contributed by atoms with E-state index in [1.807, 2.05) is 6.92 Å². The minimum atomic E-state index is -1.69. The molecule has 0 radical (unpaired) electrons. The number of carboxylic acid groups (broad SMARTS) is 1. The lowest BCUT2D eigenvalue weighted by Crippen LogP contribution is -2.41. The maximum Gasteiger partial charge on any atom is 0.425 e. The molecule has 1 aromatic carbocycles. The number of benzene rings is 1. The number of ether oxygens (including phenoxy) is 1. The summed E-state index contributed by atoms with van der Waals surface area (Å²) in [4.78, 5) is 27.7. The summed E-state index contributed by atoms with van der Waals surface area (Å²) >= 11 is 0. The molecule has 144 valence electrons. The summed E-state index contributed by atoms with van der Waals surface area (Å²) < 4.78 is 20.0. The van der Waals surface area contributed by atoms with Gasteiger partial charge in [-0.2, -0.15) is 4.90 Å². The van der Waals surface area contributed by atoms with Gasteiger partial charge in [-0.25, -0.2) is 19.0 Å². The number of anilines is 2. The van der Waals surface area contributed by atoms with Gasteiger partial charge in [0.25, 0.3) is 0 Å². The molecule has 7 nitrogen and oxygen atoms in total. The van der Waals surface area contributed by atoms with Gasteiger partial charge in [-0.15, -0.1) is 0 Å². The molecule has 0 fully saturated rings. The number of hydrogen-bond donors (Lipinski definition) is 2. The number of hydrogen-bond acceptors (Lipinski definition) is 5. The summed E-state index contributed by atoms with van der Waals surface area (Å²) in [6.07, 6.45) is -1.50. The molecule has 0 spiro atoms. The molecule has 0 bridgehead atoms. The zero-order valence-corrected chi connectivity index (χ0v) is 15.6. The van der Waals surface area contributed by atoms with Gasteiger partial charge in [-0.05, 0) is 56.5 Å². The maximum atomic E-state index is 15.0. The third-order valence-corrected chi connectivity index (χ3v) is 3.80. The van der Waals surface area contributed by atoms with Crippen molar-refractivity contribution in [3.05, 3.63) is 53.0 Å². The monoisotopic (exact) mass is 375 g/mol. The first-order valence-electron chi connectivity index (χ1n) is 8.24. The summed E-state index contributed by atoms with van der Waals surface area (Å²) in [5.74, 6) is -1.54. The second-order valence-electron chi connectivity index (χ2n) is 7.01. The summed E-state index contributed by atoms with van der Waals surface area (Å²) in [5, 5.41) is 9.38. The molecule has 1 heterocycles. The van der Waals surface area contributed by atoms with E-state index in [0.29, 0.717) is 5.69 Å². The molecule has 0 atom stereocenters. The number of nitrogens with two attached hydrogens (primary N) is 1. The van der Waals surface area contributed by atoms with Crippen LogP contribution in [0.2, 0.25) is 0 Å². The molecule has 0 unspecified atom stereocenters. The number of aromatic nitrogens is 1. The number of halogens is 1. The minimum Gasteiger partial charge on any atom is -0.464 e. The van der Waals surface area contributed by atoms with Crippen molar-refractivity contribution in [2.75, 3.05) is 10.6 Å². The van der Waals surface area contributed by atoms with Crippen LogP contribution in [-0.2, 0) is 11.2 Å². The molecular weight excluding hydrogens is 353 g/mol. The van der Waals surface area contributed by atoms with Crippen molar-refractivity contribution in [2.24, 2.45) is 0 Å². The van der Waals surface area contributed by atoms with Crippen molar-refractivity contribution in [3.63, 3.8) is 0 Å². The normalized spacial score (nSPS) is 11.1. The average molecular weight is 375 g/mol. The highest BCUT2D eigenvalue weighted by molar-refractivity contribution is 6.08. The largest absolute Gasteiger partial charge is 0.464 e. The van der Waals surface area contributed by atoms with Crippen LogP contribution in [0.4, 0.5) is 25.5 Å². The Hall–Kier alpha value is -3.16. The van der Waals surface area contributed by atoms with E-state index in [9.17, 15) is 19.1 Å². The van der Waals surface area contributed by atoms with Crippen molar-refractivity contribution in [1.29, 1.82) is 0 Å². The van der Waals surface area contributed by atoms with Crippen LogP contribution in [0.1, 0.15) is 37.5 Å². The molecule has 0 saturated heterocycles. The van der Waals surface area contributed by atoms with E-state index in [-0.39, 0.29) is 16.9 Å². The van der Waals surface area contributed by atoms with Crippen LogP contribution in [0.25, 0.3) is 0 Å². The lowest BCUT2D eigenvalue weighted by Gasteiger charge is -2.24. The van der Waals surface area contributed by atoms with Crippen molar-refractivity contribution in [3.8, 4) is 0 Å². The number of carbonyl (C=O) groups excluding carboxylic acids is 1. The average Bonchev–Trinajstić information content (AvgIpc) is 2.53. The second kappa shape index (κ2) is 7.61. The zero-order chi connectivity index (χ0) is 20.4. The molecule has 2 amide bonds. The standard InChI is InChI=1S/C19H22FN3O4/c1-11-12(6-5-7-14(11)21)10-13-8-9-22-16(15(13)20)23(17(24)25)18(26)27-19(2,3)4/h5-9H,10,21H2,1-4H3,(H,24,25). The predicted molar refractivity (Wildman–Crippen MR) is 99.3 cm³/mol. The quantitative estimate of drug-likeness (QED) is 0.782. The van der Waals surface area contributed by atoms with Crippen LogP contribution in [0.5, 0.6) is 0 Å². The number of nitrogens with zero attached hydrogens (tertiary/aromatic N) is 2. The number of rotatable bonds is 3. The molecule has 0 aliphatic carbocycles. The predicted octanol–water partition coefficient (Wildman–Crippen LogP) is 4.12. The molecule has 2 aromatic rings. The van der Waals surface area contributed by atoms with Crippen LogP contribution in [-0.4, -0.2) is 27.9 Å². The SMILES string of the molecule is Cc1c(N)cccc1Cc1ccnc(N(C(=O)O)C(=O)OC(C)(C)C)c1F. The van der Waals surface area contributed by atoms with Crippen LogP contribution < -0.4 is 10.6 Å². The van der Waals surface area contributed by atoms with Crippen molar-refractivity contribution < 1.29 is 23.8 Å². The first-order valence-corrected chi connectivity index (χ1v) is 8.24. The molecular formula is C19H22FN3O4. The molecule has 8 heteroatoms. The number of carbonyl (C=O) groups is 2. The fraction of sp³-hybridized carbons (Fsp3) is 0.316. The molecule has 3 N–H and O–H groups in total. The highest BCUT2D eigenvalue weighted by Crippen LogP contribution is 2.26. The molecule has 27 heavy (non-hydrogen) atoms. The smallest absolute Gasteiger partial charge is 0.425 e. The van der Waals surface area contributed by atoms with Gasteiger partial charge in [0.2, 0.25) is 0 Å². The van der Waals surface area contributed by atoms with Gasteiger partial charge in [-0.1, -0.05) is 12.1 Å². The molecule has 0 saturated carbocycles. The van der Waals surface area contributed by atoms with Gasteiger partial charge in [0.1, 0.15) is 5.60 Å². The third kappa shape index (κ3) is 4.72. The summed E-state index contributed by atoms with van der Waals surface area (Å²) in [7, 11) is 0. The fourth-order valence-electron chi connectivity index (χ4n) is 2.43. The van der Waals surface area contributed by atoms with Crippen LogP contribution in [0.15, 0.2) is 30.5 Å². The molecule has 1 aromatic heterocycles. The summed E-state index contributed by atoms with van der Waals surface area (Å²) in [5.41, 5.74) is 7.27. The Balaban J connectivity index is 2.43. The maximum absolute atomic E-state index is 15.0. The van der Waals surface area contributed by atoms with Gasteiger partial charge in [-0.3, -0.25) is 0 Å². The Bertz CT molecular complexity index is 878. The van der Waals surface area contributed by atoms with Crippen LogP contribution in [0.3, 0.4) is 0 Å². The van der Waals surface area contributed by atoms with E-state index in [0.717, 1.165) is 11.1 Å². The van der Waals surface area contributed by atoms with Gasteiger partial charge >= 0.3 is 12.2 Å². The van der Waals surface area contributed by atoms with E-state index in [1.54, 1.807) is 39.0 Å². The number of imide groups is 1. The second-order valence-corrected chi connectivity index (χ2v) is 7.01. The Morgan fingerprint density at radius 2 is 1.93 bits per heavy atom. The highest BCUT2D eigenvalue weighted by Gasteiger charge is 2.32. The van der Waals surface area contributed by atoms with Gasteiger partial charge in [0.15, 0.2) is 11.6 Å². The van der Waals surface area contributed by atoms with Gasteiger partial charge < -0.3 is 15.6 Å². The van der Waals surface area contributed by atoms with E-state index in [2.05, 4.69) is 4.98 Å². The van der Waals surface area contributed by atoms with Crippen molar-refractivity contribution in [2.45, 2.75) is 39.7 Å². The van der Waals surface area contributed by atoms with E-state index >= 15 is 0 Å². The Kier molecular flexibility index (Phi) is 5.68. The Morgan fingerprint density at radius 3 is 2.52 bits per heavy atom. The molecule has 0 aliphatic heterocycles. The van der Waals surface area contributed by atoms with E-state index in [4.69, 9.17) is 10.5 Å². The van der Waals surface area contributed by atoms with Crippen LogP contribution >= 0.6 is 0 Å². The van der Waals surface area contributed by atoms with Crippen LogP contribution in [0, 0.1) is 12.7 Å². The number of nitrogen functional groups attached to an aromatic ring is 1.